The first-order chi connectivity index (χ1) is 11.2. The molecule has 1 unspecified atom stereocenters. The highest BCUT2D eigenvalue weighted by molar-refractivity contribution is 6.31. The molecule has 4 nitrogen and oxygen atoms in total. The van der Waals surface area contributed by atoms with E-state index in [1.807, 2.05) is 47.4 Å². The van der Waals surface area contributed by atoms with Crippen molar-refractivity contribution in [3.63, 3.8) is 0 Å². The van der Waals surface area contributed by atoms with Gasteiger partial charge in [-0.1, -0.05) is 29.8 Å². The Bertz CT molecular complexity index is 689. The number of aliphatic hydroxyl groups excluding tert-OH is 1. The van der Waals surface area contributed by atoms with Gasteiger partial charge in [-0.05, 0) is 35.9 Å². The summed E-state index contributed by atoms with van der Waals surface area (Å²) in [7, 11) is 1.61. The first kappa shape index (κ1) is 15.8. The number of aldehydes is 1. The molecular formula is C18H18ClNO3. The molecule has 0 amide bonds. The first-order valence-electron chi connectivity index (χ1n) is 7.46. The summed E-state index contributed by atoms with van der Waals surface area (Å²) in [5, 5.41) is 11.1. The third kappa shape index (κ3) is 2.92. The van der Waals surface area contributed by atoms with E-state index >= 15 is 0 Å². The van der Waals surface area contributed by atoms with Crippen LogP contribution in [0.5, 0.6) is 5.75 Å². The standard InChI is InChI=1S/C18H18ClNO3/c1-23-14-8-6-13(7-9-14)20-17(22)10-12(11-21)18(20)15-4-2-3-5-16(15)19/h2-9,11-12,17-18,22H,10H2,1H3/t12-,17?,18+/m1/s1. The molecular weight excluding hydrogens is 314 g/mol. The van der Waals surface area contributed by atoms with Crippen molar-refractivity contribution in [2.24, 2.45) is 5.92 Å². The minimum Gasteiger partial charge on any atom is -0.497 e. The molecule has 5 heteroatoms. The number of benzene rings is 2. The quantitative estimate of drug-likeness (QED) is 0.872. The van der Waals surface area contributed by atoms with Crippen molar-refractivity contribution in [2.45, 2.75) is 18.7 Å². The molecule has 0 saturated carbocycles. The monoisotopic (exact) mass is 331 g/mol. The van der Waals surface area contributed by atoms with Gasteiger partial charge in [0.25, 0.3) is 0 Å². The molecule has 0 aromatic heterocycles. The average Bonchev–Trinajstić information content (AvgIpc) is 2.91. The molecule has 0 aliphatic carbocycles. The van der Waals surface area contributed by atoms with E-state index in [-0.39, 0.29) is 12.0 Å². The molecule has 0 spiro atoms. The van der Waals surface area contributed by atoms with Crippen LogP contribution in [0.3, 0.4) is 0 Å². The van der Waals surface area contributed by atoms with E-state index in [1.165, 1.54) is 0 Å². The summed E-state index contributed by atoms with van der Waals surface area (Å²) >= 11 is 6.33. The summed E-state index contributed by atoms with van der Waals surface area (Å²) < 4.78 is 5.17. The van der Waals surface area contributed by atoms with E-state index in [0.717, 1.165) is 23.3 Å². The Kier molecular flexibility index (Phi) is 4.55. The van der Waals surface area contributed by atoms with Gasteiger partial charge in [-0.15, -0.1) is 0 Å². The van der Waals surface area contributed by atoms with Gasteiger partial charge < -0.3 is 19.5 Å². The van der Waals surface area contributed by atoms with E-state index in [2.05, 4.69) is 0 Å². The minimum absolute atomic E-state index is 0.287. The SMILES string of the molecule is COc1ccc(N2C(O)C[C@H](C=O)[C@H]2c2ccccc2Cl)cc1. The highest BCUT2D eigenvalue weighted by atomic mass is 35.5. The fraction of sp³-hybridized carbons (Fsp3) is 0.278. The molecule has 1 aliphatic rings. The molecule has 1 fully saturated rings. The van der Waals surface area contributed by atoms with Crippen molar-refractivity contribution in [1.29, 1.82) is 0 Å². The Morgan fingerprint density at radius 1 is 1.22 bits per heavy atom. The highest BCUT2D eigenvalue weighted by Gasteiger charge is 2.42. The van der Waals surface area contributed by atoms with Crippen LogP contribution in [0.1, 0.15) is 18.0 Å². The van der Waals surface area contributed by atoms with Crippen LogP contribution in [0.15, 0.2) is 48.5 Å². The number of hydrogen-bond acceptors (Lipinski definition) is 4. The fourth-order valence-corrected chi connectivity index (χ4v) is 3.44. The number of anilines is 1. The molecule has 1 aliphatic heterocycles. The smallest absolute Gasteiger partial charge is 0.128 e. The summed E-state index contributed by atoms with van der Waals surface area (Å²) in [6.45, 7) is 0. The lowest BCUT2D eigenvalue weighted by atomic mass is 9.94. The zero-order valence-electron chi connectivity index (χ0n) is 12.7. The molecule has 0 radical (unpaired) electrons. The van der Waals surface area contributed by atoms with Crippen molar-refractivity contribution in [3.05, 3.63) is 59.1 Å². The van der Waals surface area contributed by atoms with E-state index in [9.17, 15) is 9.90 Å². The highest BCUT2D eigenvalue weighted by Crippen LogP contribution is 2.44. The van der Waals surface area contributed by atoms with Crippen LogP contribution in [0.4, 0.5) is 5.69 Å². The third-order valence-electron chi connectivity index (χ3n) is 4.28. The second kappa shape index (κ2) is 6.60. The number of methoxy groups -OCH3 is 1. The second-order valence-electron chi connectivity index (χ2n) is 5.59. The van der Waals surface area contributed by atoms with E-state index in [1.54, 1.807) is 13.2 Å². The van der Waals surface area contributed by atoms with Crippen LogP contribution in [-0.4, -0.2) is 24.7 Å². The Balaban J connectivity index is 2.04. The Labute approximate surface area is 140 Å². The third-order valence-corrected chi connectivity index (χ3v) is 4.62. The van der Waals surface area contributed by atoms with Crippen molar-refractivity contribution in [2.75, 3.05) is 12.0 Å². The minimum atomic E-state index is -0.736. The lowest BCUT2D eigenvalue weighted by Crippen LogP contribution is -2.32. The van der Waals surface area contributed by atoms with Gasteiger partial charge >= 0.3 is 0 Å². The zero-order chi connectivity index (χ0) is 16.4. The van der Waals surface area contributed by atoms with Crippen molar-refractivity contribution in [1.82, 2.24) is 0 Å². The van der Waals surface area contributed by atoms with E-state index < -0.39 is 6.23 Å². The molecule has 3 atom stereocenters. The predicted octanol–water partition coefficient (Wildman–Crippen LogP) is 3.43. The van der Waals surface area contributed by atoms with Gasteiger partial charge in [-0.25, -0.2) is 0 Å². The number of carbonyl (C=O) groups excluding carboxylic acids is 1. The predicted molar refractivity (Wildman–Crippen MR) is 89.8 cm³/mol. The molecule has 1 saturated heterocycles. The Morgan fingerprint density at radius 3 is 2.52 bits per heavy atom. The van der Waals surface area contributed by atoms with Gasteiger partial charge in [0.15, 0.2) is 0 Å². The van der Waals surface area contributed by atoms with Crippen LogP contribution in [0.2, 0.25) is 5.02 Å². The zero-order valence-corrected chi connectivity index (χ0v) is 13.5. The van der Waals surface area contributed by atoms with Gasteiger partial charge in [0.2, 0.25) is 0 Å². The lowest BCUT2D eigenvalue weighted by molar-refractivity contribution is -0.111. The van der Waals surface area contributed by atoms with E-state index in [4.69, 9.17) is 16.3 Å². The number of halogens is 1. The fourth-order valence-electron chi connectivity index (χ4n) is 3.19. The molecule has 1 heterocycles. The van der Waals surface area contributed by atoms with Gasteiger partial charge in [-0.3, -0.25) is 0 Å². The molecule has 0 bridgehead atoms. The largest absolute Gasteiger partial charge is 0.497 e. The topological polar surface area (TPSA) is 49.8 Å². The molecule has 2 aromatic carbocycles. The molecule has 3 rings (SSSR count). The lowest BCUT2D eigenvalue weighted by Gasteiger charge is -2.31. The Hall–Kier alpha value is -2.04. The van der Waals surface area contributed by atoms with Gasteiger partial charge in [0, 0.05) is 23.0 Å². The van der Waals surface area contributed by atoms with Crippen LogP contribution < -0.4 is 9.64 Å². The van der Waals surface area contributed by atoms with E-state index in [0.29, 0.717) is 11.4 Å². The number of ether oxygens (including phenoxy) is 1. The number of aliphatic hydroxyl groups is 1. The maximum Gasteiger partial charge on any atom is 0.128 e. The average molecular weight is 332 g/mol. The normalized spacial score (nSPS) is 23.8. The van der Waals surface area contributed by atoms with Gasteiger partial charge in [-0.2, -0.15) is 0 Å². The maximum atomic E-state index is 11.5. The van der Waals surface area contributed by atoms with Gasteiger partial charge in [0.05, 0.1) is 13.2 Å². The van der Waals surface area contributed by atoms with Crippen molar-refractivity contribution in [3.8, 4) is 5.75 Å². The second-order valence-corrected chi connectivity index (χ2v) is 6.00. The summed E-state index contributed by atoms with van der Waals surface area (Å²) in [6, 6.07) is 14.6. The summed E-state index contributed by atoms with van der Waals surface area (Å²) in [5.41, 5.74) is 1.67. The van der Waals surface area contributed by atoms with Crippen LogP contribution >= 0.6 is 11.6 Å². The summed E-state index contributed by atoms with van der Waals surface area (Å²) in [6.07, 6.45) is 0.548. The number of hydrogen-bond donors (Lipinski definition) is 1. The van der Waals surface area contributed by atoms with Crippen LogP contribution in [0.25, 0.3) is 0 Å². The number of carbonyl (C=O) groups is 1. The van der Waals surface area contributed by atoms with Crippen molar-refractivity contribution < 1.29 is 14.6 Å². The summed E-state index contributed by atoms with van der Waals surface area (Å²) in [4.78, 5) is 13.4. The first-order valence-corrected chi connectivity index (χ1v) is 7.83. The molecule has 1 N–H and O–H groups in total. The Morgan fingerprint density at radius 2 is 1.91 bits per heavy atom. The molecule has 2 aromatic rings. The number of rotatable bonds is 4. The van der Waals surface area contributed by atoms with Crippen molar-refractivity contribution >= 4 is 23.6 Å². The molecule has 23 heavy (non-hydrogen) atoms. The number of nitrogens with zero attached hydrogens (tertiary/aromatic N) is 1. The molecule has 120 valence electrons. The summed E-state index contributed by atoms with van der Waals surface area (Å²) in [5.74, 6) is 0.427. The maximum absolute atomic E-state index is 11.5. The van der Waals surface area contributed by atoms with Crippen LogP contribution in [-0.2, 0) is 4.79 Å². The van der Waals surface area contributed by atoms with Gasteiger partial charge in [0.1, 0.15) is 18.3 Å². The van der Waals surface area contributed by atoms with Crippen LogP contribution in [0, 0.1) is 5.92 Å².